The molecule has 0 radical (unpaired) electrons. The molecule has 2 nitrogen and oxygen atoms in total. The molecule has 0 heterocycles. The van der Waals surface area contributed by atoms with Gasteiger partial charge in [0.15, 0.2) is 0 Å². The molecule has 114 valence electrons. The van der Waals surface area contributed by atoms with E-state index in [1.165, 1.54) is 51.4 Å². The van der Waals surface area contributed by atoms with Gasteiger partial charge in [-0.1, -0.05) is 70.1 Å². The van der Waals surface area contributed by atoms with Gasteiger partial charge >= 0.3 is 0 Å². The minimum atomic E-state index is 0.223. The molecule has 0 aliphatic carbocycles. The average molecular weight is 277 g/mol. The summed E-state index contributed by atoms with van der Waals surface area (Å²) >= 11 is 0. The molecule has 0 bridgehead atoms. The summed E-state index contributed by atoms with van der Waals surface area (Å²) in [6, 6.07) is 7.80. The van der Waals surface area contributed by atoms with Crippen LogP contribution in [0.15, 0.2) is 24.3 Å². The van der Waals surface area contributed by atoms with Crippen molar-refractivity contribution in [1.82, 2.24) is 5.32 Å². The van der Waals surface area contributed by atoms with Crippen molar-refractivity contribution in [3.63, 3.8) is 0 Å². The van der Waals surface area contributed by atoms with Gasteiger partial charge in [-0.2, -0.15) is 0 Å². The number of phenols is 1. The van der Waals surface area contributed by atoms with E-state index < -0.39 is 0 Å². The first-order valence-corrected chi connectivity index (χ1v) is 8.27. The van der Waals surface area contributed by atoms with Crippen molar-refractivity contribution in [3.05, 3.63) is 29.8 Å². The molecule has 0 saturated heterocycles. The van der Waals surface area contributed by atoms with Gasteiger partial charge in [0, 0.05) is 11.6 Å². The predicted molar refractivity (Wildman–Crippen MR) is 87.1 cm³/mol. The topological polar surface area (TPSA) is 32.3 Å². The van der Waals surface area contributed by atoms with Crippen molar-refractivity contribution < 1.29 is 5.11 Å². The van der Waals surface area contributed by atoms with Crippen LogP contribution in [0.5, 0.6) is 5.75 Å². The normalized spacial score (nSPS) is 12.5. The summed E-state index contributed by atoms with van der Waals surface area (Å²) in [4.78, 5) is 0. The average Bonchev–Trinajstić information content (AvgIpc) is 2.46. The summed E-state index contributed by atoms with van der Waals surface area (Å²) in [5.74, 6) is 0.392. The number of aromatic hydroxyl groups is 1. The zero-order valence-electron chi connectivity index (χ0n) is 13.2. The summed E-state index contributed by atoms with van der Waals surface area (Å²) in [6.07, 6.45) is 10.8. The fourth-order valence-electron chi connectivity index (χ4n) is 2.54. The SMILES string of the molecule is CCCCCCCCCCNC(C)c1ccccc1O. The number of para-hydroxylation sites is 1. The number of benzene rings is 1. The van der Waals surface area contributed by atoms with E-state index in [0.717, 1.165) is 12.1 Å². The van der Waals surface area contributed by atoms with Crippen LogP contribution in [0.25, 0.3) is 0 Å². The van der Waals surface area contributed by atoms with Gasteiger partial charge in [0.25, 0.3) is 0 Å². The largest absolute Gasteiger partial charge is 0.508 e. The second-order valence-electron chi connectivity index (χ2n) is 5.71. The highest BCUT2D eigenvalue weighted by atomic mass is 16.3. The molecule has 1 unspecified atom stereocenters. The van der Waals surface area contributed by atoms with Gasteiger partial charge in [-0.05, 0) is 26.0 Å². The monoisotopic (exact) mass is 277 g/mol. The molecule has 20 heavy (non-hydrogen) atoms. The van der Waals surface area contributed by atoms with Crippen LogP contribution in [-0.4, -0.2) is 11.7 Å². The van der Waals surface area contributed by atoms with Crippen molar-refractivity contribution in [3.8, 4) is 5.75 Å². The molecule has 2 heteroatoms. The fraction of sp³-hybridized carbons (Fsp3) is 0.667. The van der Waals surface area contributed by atoms with E-state index in [9.17, 15) is 5.11 Å². The van der Waals surface area contributed by atoms with Crippen molar-refractivity contribution in [2.75, 3.05) is 6.54 Å². The van der Waals surface area contributed by atoms with Crippen LogP contribution in [0.1, 0.15) is 76.8 Å². The maximum absolute atomic E-state index is 9.78. The second-order valence-corrected chi connectivity index (χ2v) is 5.71. The molecular formula is C18H31NO. The van der Waals surface area contributed by atoms with Crippen LogP contribution in [0.3, 0.4) is 0 Å². The first kappa shape index (κ1) is 17.0. The number of rotatable bonds is 11. The van der Waals surface area contributed by atoms with Gasteiger partial charge < -0.3 is 10.4 Å². The minimum Gasteiger partial charge on any atom is -0.508 e. The predicted octanol–water partition coefficient (Wildman–Crippen LogP) is 5.18. The lowest BCUT2D eigenvalue weighted by Crippen LogP contribution is -2.19. The molecule has 0 aliphatic heterocycles. The molecule has 1 rings (SSSR count). The highest BCUT2D eigenvalue weighted by Gasteiger charge is 2.07. The Morgan fingerprint density at radius 2 is 1.55 bits per heavy atom. The van der Waals surface area contributed by atoms with Crippen LogP contribution < -0.4 is 5.32 Å². The lowest BCUT2D eigenvalue weighted by molar-refractivity contribution is 0.449. The quantitative estimate of drug-likeness (QED) is 0.546. The molecule has 2 N–H and O–H groups in total. The van der Waals surface area contributed by atoms with Gasteiger partial charge in [0.1, 0.15) is 5.75 Å². The first-order valence-electron chi connectivity index (χ1n) is 8.27. The molecule has 1 aromatic carbocycles. The zero-order valence-corrected chi connectivity index (χ0v) is 13.2. The van der Waals surface area contributed by atoms with Crippen molar-refractivity contribution in [2.24, 2.45) is 0 Å². The number of hydrogen-bond acceptors (Lipinski definition) is 2. The van der Waals surface area contributed by atoms with E-state index in [4.69, 9.17) is 0 Å². The van der Waals surface area contributed by atoms with E-state index in [2.05, 4.69) is 19.2 Å². The Hall–Kier alpha value is -1.02. The summed E-state index contributed by atoms with van der Waals surface area (Å²) in [5, 5.41) is 13.3. The fourth-order valence-corrected chi connectivity index (χ4v) is 2.54. The highest BCUT2D eigenvalue weighted by molar-refractivity contribution is 5.33. The lowest BCUT2D eigenvalue weighted by Gasteiger charge is -2.15. The molecule has 0 aromatic heterocycles. The molecule has 0 amide bonds. The van der Waals surface area contributed by atoms with Crippen molar-refractivity contribution in [1.29, 1.82) is 0 Å². The Kier molecular flexibility index (Phi) is 9.14. The maximum atomic E-state index is 9.78. The smallest absolute Gasteiger partial charge is 0.120 e. The highest BCUT2D eigenvalue weighted by Crippen LogP contribution is 2.22. The Bertz CT molecular complexity index is 351. The number of unbranched alkanes of at least 4 members (excludes halogenated alkanes) is 7. The third-order valence-corrected chi connectivity index (χ3v) is 3.88. The maximum Gasteiger partial charge on any atom is 0.120 e. The number of nitrogens with one attached hydrogen (secondary N) is 1. The third-order valence-electron chi connectivity index (χ3n) is 3.88. The third kappa shape index (κ3) is 6.95. The summed E-state index contributed by atoms with van der Waals surface area (Å²) in [6.45, 7) is 5.40. The molecule has 0 saturated carbocycles. The van der Waals surface area contributed by atoms with Gasteiger partial charge in [-0.15, -0.1) is 0 Å². The van der Waals surface area contributed by atoms with E-state index in [1.807, 2.05) is 18.2 Å². The molecule has 1 aromatic rings. The van der Waals surface area contributed by atoms with Crippen LogP contribution >= 0.6 is 0 Å². The Balaban J connectivity index is 2.03. The van der Waals surface area contributed by atoms with Gasteiger partial charge in [0.05, 0.1) is 0 Å². The standard InChI is InChI=1S/C18H31NO/c1-3-4-5-6-7-8-9-12-15-19-16(2)17-13-10-11-14-18(17)20/h10-11,13-14,16,19-20H,3-9,12,15H2,1-2H3. The van der Waals surface area contributed by atoms with Crippen LogP contribution in [0, 0.1) is 0 Å². The number of hydrogen-bond donors (Lipinski definition) is 2. The van der Waals surface area contributed by atoms with E-state index in [-0.39, 0.29) is 6.04 Å². The molecule has 0 fully saturated rings. The summed E-state index contributed by atoms with van der Waals surface area (Å²) in [5.41, 5.74) is 0.993. The lowest BCUT2D eigenvalue weighted by atomic mass is 10.1. The van der Waals surface area contributed by atoms with E-state index >= 15 is 0 Å². The van der Waals surface area contributed by atoms with Gasteiger partial charge in [0.2, 0.25) is 0 Å². The summed E-state index contributed by atoms with van der Waals surface area (Å²) in [7, 11) is 0. The minimum absolute atomic E-state index is 0.223. The van der Waals surface area contributed by atoms with Gasteiger partial charge in [-0.3, -0.25) is 0 Å². The molecule has 0 spiro atoms. The second kappa shape index (κ2) is 10.7. The van der Waals surface area contributed by atoms with Gasteiger partial charge in [-0.25, -0.2) is 0 Å². The van der Waals surface area contributed by atoms with Crippen LogP contribution in [0.2, 0.25) is 0 Å². The van der Waals surface area contributed by atoms with Crippen molar-refractivity contribution in [2.45, 2.75) is 71.3 Å². The molecule has 1 atom stereocenters. The molecule has 0 aliphatic rings. The first-order chi connectivity index (χ1) is 9.75. The van der Waals surface area contributed by atoms with E-state index in [1.54, 1.807) is 6.07 Å². The summed E-state index contributed by atoms with van der Waals surface area (Å²) < 4.78 is 0. The Morgan fingerprint density at radius 3 is 2.20 bits per heavy atom. The Morgan fingerprint density at radius 1 is 0.950 bits per heavy atom. The molecular weight excluding hydrogens is 246 g/mol. The number of phenolic OH excluding ortho intramolecular Hbond substituents is 1. The Labute approximate surface area is 124 Å². The van der Waals surface area contributed by atoms with Crippen LogP contribution in [-0.2, 0) is 0 Å². The van der Waals surface area contributed by atoms with Crippen molar-refractivity contribution >= 4 is 0 Å². The van der Waals surface area contributed by atoms with E-state index in [0.29, 0.717) is 5.75 Å². The zero-order chi connectivity index (χ0) is 14.6. The van der Waals surface area contributed by atoms with Crippen LogP contribution in [0.4, 0.5) is 0 Å².